The molecule has 118 valence electrons. The molecule has 1 aromatic heterocycles. The minimum atomic E-state index is 0.238. The molecule has 1 N–H and O–H groups in total. The molecule has 0 atom stereocenters. The van der Waals surface area contributed by atoms with E-state index in [1.807, 2.05) is 12.1 Å². The molecule has 2 heterocycles. The number of aromatic nitrogens is 2. The minimum Gasteiger partial charge on any atom is -0.508 e. The smallest absolute Gasteiger partial charge is 0.204 e. The maximum Gasteiger partial charge on any atom is 0.204 e. The van der Waals surface area contributed by atoms with Crippen molar-refractivity contribution >= 4 is 0 Å². The first-order chi connectivity index (χ1) is 11.3. The summed E-state index contributed by atoms with van der Waals surface area (Å²) in [6, 6.07) is 6.91. The molecule has 5 heteroatoms. The van der Waals surface area contributed by atoms with Crippen molar-refractivity contribution in [2.24, 2.45) is 0 Å². The first-order valence-corrected chi connectivity index (χ1v) is 7.61. The lowest BCUT2D eigenvalue weighted by atomic mass is 10.1. The molecule has 0 unspecified atom stereocenters. The molecule has 5 nitrogen and oxygen atoms in total. The van der Waals surface area contributed by atoms with E-state index in [1.54, 1.807) is 24.5 Å². The maximum absolute atomic E-state index is 9.29. The van der Waals surface area contributed by atoms with Crippen molar-refractivity contribution < 1.29 is 14.6 Å². The molecule has 1 aliphatic heterocycles. The standard InChI is InChI=1S/C18H18N2O3/c21-16-5-3-14(4-6-16)15-12-19-18(20-13-15)2-1-9-23-17-7-10-22-11-8-17/h3-6,12-13,17,21H,7-11H2. The van der Waals surface area contributed by atoms with Gasteiger partial charge >= 0.3 is 0 Å². The SMILES string of the molecule is Oc1ccc(-c2cnc(C#CCOC3CCOCC3)nc2)cc1. The van der Waals surface area contributed by atoms with Crippen LogP contribution in [0.2, 0.25) is 0 Å². The molecule has 0 amide bonds. The lowest BCUT2D eigenvalue weighted by molar-refractivity contribution is -0.0206. The second kappa shape index (κ2) is 7.73. The Morgan fingerprint density at radius 1 is 1.09 bits per heavy atom. The van der Waals surface area contributed by atoms with Crippen molar-refractivity contribution in [3.8, 4) is 28.7 Å². The van der Waals surface area contributed by atoms with E-state index >= 15 is 0 Å². The highest BCUT2D eigenvalue weighted by Gasteiger charge is 2.12. The van der Waals surface area contributed by atoms with Gasteiger partial charge in [-0.25, -0.2) is 9.97 Å². The summed E-state index contributed by atoms with van der Waals surface area (Å²) in [5.41, 5.74) is 1.83. The van der Waals surface area contributed by atoms with E-state index in [0.29, 0.717) is 12.4 Å². The summed E-state index contributed by atoms with van der Waals surface area (Å²) in [4.78, 5) is 8.48. The van der Waals surface area contributed by atoms with Gasteiger partial charge in [-0.15, -0.1) is 0 Å². The van der Waals surface area contributed by atoms with Crippen LogP contribution in [-0.4, -0.2) is 41.0 Å². The van der Waals surface area contributed by atoms with Crippen molar-refractivity contribution in [1.29, 1.82) is 0 Å². The van der Waals surface area contributed by atoms with E-state index in [9.17, 15) is 5.11 Å². The summed E-state index contributed by atoms with van der Waals surface area (Å²) in [5, 5.41) is 9.29. The third-order valence-electron chi connectivity index (χ3n) is 3.61. The fourth-order valence-corrected chi connectivity index (χ4v) is 2.31. The van der Waals surface area contributed by atoms with Crippen LogP contribution in [0.15, 0.2) is 36.7 Å². The molecule has 1 aromatic carbocycles. The molecule has 1 saturated heterocycles. The molecular weight excluding hydrogens is 292 g/mol. The van der Waals surface area contributed by atoms with E-state index in [4.69, 9.17) is 9.47 Å². The number of phenols is 1. The number of benzene rings is 1. The average Bonchev–Trinajstić information content (AvgIpc) is 2.61. The van der Waals surface area contributed by atoms with Gasteiger partial charge in [0.2, 0.25) is 5.82 Å². The van der Waals surface area contributed by atoms with Crippen LogP contribution in [0, 0.1) is 11.8 Å². The Labute approximate surface area is 135 Å². The Hall–Kier alpha value is -2.42. The van der Waals surface area contributed by atoms with E-state index in [2.05, 4.69) is 21.8 Å². The zero-order chi connectivity index (χ0) is 15.9. The largest absolute Gasteiger partial charge is 0.508 e. The molecule has 0 spiro atoms. The van der Waals surface area contributed by atoms with Gasteiger partial charge in [-0.3, -0.25) is 0 Å². The molecular formula is C18H18N2O3. The summed E-state index contributed by atoms with van der Waals surface area (Å²) in [5.74, 6) is 6.56. The highest BCUT2D eigenvalue weighted by atomic mass is 16.5. The van der Waals surface area contributed by atoms with E-state index < -0.39 is 0 Å². The molecule has 1 aliphatic rings. The van der Waals surface area contributed by atoms with Gasteiger partial charge in [0.15, 0.2) is 0 Å². The zero-order valence-electron chi connectivity index (χ0n) is 12.7. The van der Waals surface area contributed by atoms with Crippen molar-refractivity contribution in [2.75, 3.05) is 19.8 Å². The van der Waals surface area contributed by atoms with Crippen molar-refractivity contribution in [3.05, 3.63) is 42.5 Å². The second-order valence-electron chi connectivity index (χ2n) is 5.27. The van der Waals surface area contributed by atoms with Gasteiger partial charge in [0.25, 0.3) is 0 Å². The van der Waals surface area contributed by atoms with Gasteiger partial charge in [-0.05, 0) is 36.5 Å². The van der Waals surface area contributed by atoms with Crippen LogP contribution >= 0.6 is 0 Å². The van der Waals surface area contributed by atoms with Crippen LogP contribution in [0.4, 0.5) is 0 Å². The lowest BCUT2D eigenvalue weighted by Crippen LogP contribution is -2.23. The number of hydrogen-bond donors (Lipinski definition) is 1. The number of phenolic OH excluding ortho intramolecular Hbond substituents is 1. The van der Waals surface area contributed by atoms with Crippen molar-refractivity contribution in [3.63, 3.8) is 0 Å². The normalized spacial score (nSPS) is 15.0. The number of rotatable bonds is 3. The predicted octanol–water partition coefficient (Wildman–Crippen LogP) is 2.40. The Morgan fingerprint density at radius 2 is 1.78 bits per heavy atom. The van der Waals surface area contributed by atoms with Crippen LogP contribution in [0.25, 0.3) is 11.1 Å². The minimum absolute atomic E-state index is 0.238. The second-order valence-corrected chi connectivity index (χ2v) is 5.27. The fraction of sp³-hybridized carbons (Fsp3) is 0.333. The first-order valence-electron chi connectivity index (χ1n) is 7.61. The highest BCUT2D eigenvalue weighted by Crippen LogP contribution is 2.20. The molecule has 3 rings (SSSR count). The summed E-state index contributed by atoms with van der Waals surface area (Å²) < 4.78 is 11.0. The molecule has 2 aromatic rings. The Balaban J connectivity index is 1.55. The zero-order valence-corrected chi connectivity index (χ0v) is 12.7. The average molecular weight is 310 g/mol. The predicted molar refractivity (Wildman–Crippen MR) is 85.8 cm³/mol. The Morgan fingerprint density at radius 3 is 2.48 bits per heavy atom. The molecule has 0 aliphatic carbocycles. The molecule has 23 heavy (non-hydrogen) atoms. The Bertz CT molecular complexity index is 681. The first kappa shape index (κ1) is 15.5. The summed E-state index contributed by atoms with van der Waals surface area (Å²) in [6.45, 7) is 1.91. The molecule has 1 fully saturated rings. The van der Waals surface area contributed by atoms with E-state index in [0.717, 1.165) is 37.2 Å². The van der Waals surface area contributed by atoms with Gasteiger partial charge in [0.05, 0.1) is 6.10 Å². The molecule has 0 radical (unpaired) electrons. The van der Waals surface area contributed by atoms with Crippen LogP contribution in [0.1, 0.15) is 18.7 Å². The fourth-order valence-electron chi connectivity index (χ4n) is 2.31. The number of ether oxygens (including phenoxy) is 2. The summed E-state index contributed by atoms with van der Waals surface area (Å²) in [6.07, 6.45) is 5.56. The van der Waals surface area contributed by atoms with Crippen molar-refractivity contribution in [2.45, 2.75) is 18.9 Å². The highest BCUT2D eigenvalue weighted by molar-refractivity contribution is 5.62. The van der Waals surface area contributed by atoms with Crippen LogP contribution in [-0.2, 0) is 9.47 Å². The summed E-state index contributed by atoms with van der Waals surface area (Å²) >= 11 is 0. The summed E-state index contributed by atoms with van der Waals surface area (Å²) in [7, 11) is 0. The van der Waals surface area contributed by atoms with Crippen molar-refractivity contribution in [1.82, 2.24) is 9.97 Å². The molecule has 0 bridgehead atoms. The Kier molecular flexibility index (Phi) is 5.20. The van der Waals surface area contributed by atoms with E-state index in [1.165, 1.54) is 0 Å². The third-order valence-corrected chi connectivity index (χ3v) is 3.61. The molecule has 0 saturated carbocycles. The van der Waals surface area contributed by atoms with E-state index in [-0.39, 0.29) is 11.9 Å². The van der Waals surface area contributed by atoms with Gasteiger partial charge in [-0.1, -0.05) is 18.1 Å². The topological polar surface area (TPSA) is 64.5 Å². The number of aromatic hydroxyl groups is 1. The monoisotopic (exact) mass is 310 g/mol. The quantitative estimate of drug-likeness (QED) is 0.882. The number of nitrogens with zero attached hydrogens (tertiary/aromatic N) is 2. The number of hydrogen-bond acceptors (Lipinski definition) is 5. The van der Waals surface area contributed by atoms with Crippen LogP contribution in [0.3, 0.4) is 0 Å². The van der Waals surface area contributed by atoms with Crippen LogP contribution in [0.5, 0.6) is 5.75 Å². The maximum atomic E-state index is 9.29. The van der Waals surface area contributed by atoms with Gasteiger partial charge < -0.3 is 14.6 Å². The van der Waals surface area contributed by atoms with Gasteiger partial charge in [0.1, 0.15) is 12.4 Å². The van der Waals surface area contributed by atoms with Gasteiger partial charge in [-0.2, -0.15) is 0 Å². The lowest BCUT2D eigenvalue weighted by Gasteiger charge is -2.21. The van der Waals surface area contributed by atoms with Gasteiger partial charge in [0, 0.05) is 31.2 Å². The van der Waals surface area contributed by atoms with Crippen LogP contribution < -0.4 is 0 Å². The third kappa shape index (κ3) is 4.52.